The summed E-state index contributed by atoms with van der Waals surface area (Å²) in [6.45, 7) is 4.01. The summed E-state index contributed by atoms with van der Waals surface area (Å²) in [5.41, 5.74) is 1.61. The molecule has 1 aliphatic heterocycles. The summed E-state index contributed by atoms with van der Waals surface area (Å²) in [7, 11) is 0. The minimum Gasteiger partial charge on any atom is -0.371 e. The molecule has 2 N–H and O–H groups in total. The van der Waals surface area contributed by atoms with E-state index in [2.05, 4.69) is 15.5 Å². The molecule has 2 amide bonds. The fourth-order valence-electron chi connectivity index (χ4n) is 3.70. The highest BCUT2D eigenvalue weighted by Crippen LogP contribution is 2.24. The molecule has 1 fully saturated rings. The molecule has 170 valence electrons. The van der Waals surface area contributed by atoms with E-state index in [-0.39, 0.29) is 22.2 Å². The van der Waals surface area contributed by atoms with E-state index in [4.69, 9.17) is 11.6 Å². The maximum atomic E-state index is 13.0. The fourth-order valence-corrected chi connectivity index (χ4v) is 3.96. The number of carbonyl (C=O) groups excluding carboxylic acids is 2. The van der Waals surface area contributed by atoms with Crippen LogP contribution in [0, 0.1) is 10.1 Å². The van der Waals surface area contributed by atoms with Crippen LogP contribution in [0.25, 0.3) is 0 Å². The lowest BCUT2D eigenvalue weighted by Crippen LogP contribution is -2.43. The number of nitro groups is 1. The quantitative estimate of drug-likeness (QED) is 0.415. The van der Waals surface area contributed by atoms with Gasteiger partial charge >= 0.3 is 0 Å². The van der Waals surface area contributed by atoms with Crippen molar-refractivity contribution in [1.29, 1.82) is 0 Å². The molecule has 1 saturated heterocycles. The van der Waals surface area contributed by atoms with Crippen LogP contribution < -0.4 is 15.5 Å². The third-order valence-corrected chi connectivity index (χ3v) is 5.77. The fraction of sp³-hybridized carbons (Fsp3) is 0.391. The number of rotatable bonds is 9. The van der Waals surface area contributed by atoms with Crippen molar-refractivity contribution in [2.45, 2.75) is 45.1 Å². The van der Waals surface area contributed by atoms with Gasteiger partial charge in [0.15, 0.2) is 0 Å². The van der Waals surface area contributed by atoms with Crippen LogP contribution in [0.1, 0.15) is 49.4 Å². The number of hydrogen-bond acceptors (Lipinski definition) is 5. The van der Waals surface area contributed by atoms with Crippen molar-refractivity contribution < 1.29 is 14.5 Å². The highest BCUT2D eigenvalue weighted by Gasteiger charge is 2.23. The Kier molecular flexibility index (Phi) is 8.05. The van der Waals surface area contributed by atoms with E-state index in [0.717, 1.165) is 50.5 Å². The first-order valence-corrected chi connectivity index (χ1v) is 11.2. The van der Waals surface area contributed by atoms with Crippen LogP contribution in [0.4, 0.5) is 17.1 Å². The number of hydrogen-bond donors (Lipinski definition) is 2. The average Bonchev–Trinajstić information content (AvgIpc) is 3.31. The number of nitrogens with zero attached hydrogens (tertiary/aromatic N) is 2. The van der Waals surface area contributed by atoms with Gasteiger partial charge in [-0.2, -0.15) is 0 Å². The molecule has 1 aliphatic rings. The first-order valence-electron chi connectivity index (χ1n) is 10.8. The van der Waals surface area contributed by atoms with Crippen LogP contribution in [0.3, 0.4) is 0 Å². The summed E-state index contributed by atoms with van der Waals surface area (Å²) >= 11 is 6.07. The molecule has 0 saturated carbocycles. The molecule has 1 unspecified atom stereocenters. The van der Waals surface area contributed by atoms with Crippen LogP contribution in [-0.4, -0.2) is 35.9 Å². The van der Waals surface area contributed by atoms with Gasteiger partial charge in [-0.3, -0.25) is 19.7 Å². The summed E-state index contributed by atoms with van der Waals surface area (Å²) in [6, 6.07) is 10.6. The van der Waals surface area contributed by atoms with Gasteiger partial charge in [-0.1, -0.05) is 37.4 Å². The van der Waals surface area contributed by atoms with Gasteiger partial charge in [-0.15, -0.1) is 0 Å². The lowest BCUT2D eigenvalue weighted by atomic mass is 10.1. The minimum absolute atomic E-state index is 0.0373. The van der Waals surface area contributed by atoms with Gasteiger partial charge < -0.3 is 15.5 Å². The zero-order valence-electron chi connectivity index (χ0n) is 18.0. The number of halogens is 1. The van der Waals surface area contributed by atoms with Crippen LogP contribution in [-0.2, 0) is 4.79 Å². The lowest BCUT2D eigenvalue weighted by Gasteiger charge is -2.21. The van der Waals surface area contributed by atoms with E-state index in [1.807, 2.05) is 31.2 Å². The largest absolute Gasteiger partial charge is 0.371 e. The van der Waals surface area contributed by atoms with Gasteiger partial charge in [0.05, 0.1) is 15.5 Å². The van der Waals surface area contributed by atoms with Crippen molar-refractivity contribution >= 4 is 40.5 Å². The zero-order chi connectivity index (χ0) is 23.1. The van der Waals surface area contributed by atoms with Crippen molar-refractivity contribution in [2.24, 2.45) is 0 Å². The molecule has 32 heavy (non-hydrogen) atoms. The smallest absolute Gasteiger partial charge is 0.270 e. The van der Waals surface area contributed by atoms with E-state index in [0.29, 0.717) is 12.1 Å². The summed E-state index contributed by atoms with van der Waals surface area (Å²) in [6.07, 6.45) is 4.40. The van der Waals surface area contributed by atoms with E-state index in [1.165, 1.54) is 12.1 Å². The van der Waals surface area contributed by atoms with Crippen molar-refractivity contribution in [3.8, 4) is 0 Å². The predicted octanol–water partition coefficient (Wildman–Crippen LogP) is 4.78. The Morgan fingerprint density at radius 3 is 2.59 bits per heavy atom. The average molecular weight is 459 g/mol. The summed E-state index contributed by atoms with van der Waals surface area (Å²) in [5.74, 6) is -0.865. The summed E-state index contributed by atoms with van der Waals surface area (Å²) < 4.78 is 0. The zero-order valence-corrected chi connectivity index (χ0v) is 18.7. The molecule has 1 heterocycles. The molecular weight excluding hydrogens is 432 g/mol. The van der Waals surface area contributed by atoms with E-state index in [1.54, 1.807) is 0 Å². The SMILES string of the molecule is CCCCC(NC(=O)c1ccc([N+](=O)[O-])cc1Cl)C(=O)Nc1cccc(N2CCCC2)c1. The van der Waals surface area contributed by atoms with Gasteiger partial charge in [0, 0.05) is 36.6 Å². The third-order valence-electron chi connectivity index (χ3n) is 5.46. The number of unbranched alkanes of at least 4 members (excludes halogenated alkanes) is 1. The Balaban J connectivity index is 1.71. The Bertz CT molecular complexity index is 992. The van der Waals surface area contributed by atoms with Crippen LogP contribution in [0.5, 0.6) is 0 Å². The minimum atomic E-state index is -0.760. The second-order valence-electron chi connectivity index (χ2n) is 7.82. The van der Waals surface area contributed by atoms with Gasteiger partial charge in [0.25, 0.3) is 11.6 Å². The number of benzene rings is 2. The molecule has 0 radical (unpaired) electrons. The first-order chi connectivity index (χ1) is 15.4. The predicted molar refractivity (Wildman–Crippen MR) is 125 cm³/mol. The molecule has 1 atom stereocenters. The van der Waals surface area contributed by atoms with Gasteiger partial charge in [-0.05, 0) is 43.5 Å². The Hall–Kier alpha value is -3.13. The molecule has 9 heteroatoms. The maximum Gasteiger partial charge on any atom is 0.270 e. The first kappa shape index (κ1) is 23.5. The number of nitrogens with one attached hydrogen (secondary N) is 2. The Morgan fingerprint density at radius 1 is 1.19 bits per heavy atom. The highest BCUT2D eigenvalue weighted by molar-refractivity contribution is 6.34. The molecule has 8 nitrogen and oxygen atoms in total. The number of non-ortho nitro benzene ring substituents is 1. The Labute approximate surface area is 192 Å². The highest BCUT2D eigenvalue weighted by atomic mass is 35.5. The van der Waals surface area contributed by atoms with E-state index >= 15 is 0 Å². The summed E-state index contributed by atoms with van der Waals surface area (Å²) in [4.78, 5) is 38.3. The number of anilines is 2. The number of amides is 2. The van der Waals surface area contributed by atoms with Crippen LogP contribution in [0.2, 0.25) is 5.02 Å². The second-order valence-corrected chi connectivity index (χ2v) is 8.23. The monoisotopic (exact) mass is 458 g/mol. The molecule has 3 rings (SSSR count). The molecule has 2 aromatic carbocycles. The van der Waals surface area contributed by atoms with Crippen molar-refractivity contribution in [3.05, 3.63) is 63.2 Å². The third kappa shape index (κ3) is 5.97. The van der Waals surface area contributed by atoms with Crippen molar-refractivity contribution in [1.82, 2.24) is 5.32 Å². The molecule has 0 aliphatic carbocycles. The standard InChI is InChI=1S/C23H27ClN4O4/c1-2-3-9-21(26-22(29)19-11-10-18(28(31)32)15-20(19)24)23(30)25-16-7-6-8-17(14-16)27-12-4-5-13-27/h6-8,10-11,14-15,21H,2-5,9,12-13H2,1H3,(H,25,30)(H,26,29). The lowest BCUT2D eigenvalue weighted by molar-refractivity contribution is -0.384. The summed E-state index contributed by atoms with van der Waals surface area (Å²) in [5, 5.41) is 16.5. The van der Waals surface area contributed by atoms with Gasteiger partial charge in [0.2, 0.25) is 5.91 Å². The Morgan fingerprint density at radius 2 is 1.94 bits per heavy atom. The van der Waals surface area contributed by atoms with Gasteiger partial charge in [0.1, 0.15) is 6.04 Å². The second kappa shape index (κ2) is 10.9. The van der Waals surface area contributed by atoms with Crippen LogP contribution in [0.15, 0.2) is 42.5 Å². The van der Waals surface area contributed by atoms with E-state index < -0.39 is 16.9 Å². The van der Waals surface area contributed by atoms with Crippen LogP contribution >= 0.6 is 11.6 Å². The van der Waals surface area contributed by atoms with Crippen molar-refractivity contribution in [2.75, 3.05) is 23.3 Å². The molecule has 2 aromatic rings. The topological polar surface area (TPSA) is 105 Å². The number of carbonyl (C=O) groups is 2. The molecule has 0 aromatic heterocycles. The molecule has 0 spiro atoms. The normalized spacial score (nSPS) is 14.1. The molecular formula is C23H27ClN4O4. The van der Waals surface area contributed by atoms with Gasteiger partial charge in [-0.25, -0.2) is 0 Å². The van der Waals surface area contributed by atoms with E-state index in [9.17, 15) is 19.7 Å². The van der Waals surface area contributed by atoms with Crippen molar-refractivity contribution in [3.63, 3.8) is 0 Å². The maximum absolute atomic E-state index is 13.0. The molecule has 0 bridgehead atoms. The number of nitro benzene ring substituents is 1.